The van der Waals surface area contributed by atoms with Crippen LogP contribution in [0.5, 0.6) is 5.75 Å². The van der Waals surface area contributed by atoms with Crippen molar-refractivity contribution in [1.82, 2.24) is 10.6 Å². The first kappa shape index (κ1) is 16.5. The summed E-state index contributed by atoms with van der Waals surface area (Å²) in [5, 5.41) is 15.1. The molecule has 2 amide bonds. The van der Waals surface area contributed by atoms with Gasteiger partial charge in [-0.1, -0.05) is 6.07 Å². The average molecular weight is 310 g/mol. The van der Waals surface area contributed by atoms with Gasteiger partial charge in [-0.15, -0.1) is 0 Å². The number of carbonyl (C=O) groups excluding carboxylic acids is 1. The largest absolute Gasteiger partial charge is 0.496 e. The molecule has 5 nitrogen and oxygen atoms in total. The van der Waals surface area contributed by atoms with Crippen LogP contribution in [0.4, 0.5) is 9.18 Å². The van der Waals surface area contributed by atoms with Gasteiger partial charge in [-0.05, 0) is 44.7 Å². The number of halogens is 1. The molecule has 1 aliphatic rings. The summed E-state index contributed by atoms with van der Waals surface area (Å²) in [6.07, 6.45) is 2.64. The fraction of sp³-hybridized carbons (Fsp3) is 0.562. The summed E-state index contributed by atoms with van der Waals surface area (Å²) in [5.41, 5.74) is 0.333. The van der Waals surface area contributed by atoms with Crippen LogP contribution >= 0.6 is 0 Å². The van der Waals surface area contributed by atoms with Crippen molar-refractivity contribution in [3.05, 3.63) is 29.6 Å². The Kier molecular flexibility index (Phi) is 5.60. The number of aliphatic hydroxyl groups excluding tert-OH is 1. The molecule has 0 heterocycles. The van der Waals surface area contributed by atoms with Gasteiger partial charge in [0.2, 0.25) is 0 Å². The predicted molar refractivity (Wildman–Crippen MR) is 81.3 cm³/mol. The number of carbonyl (C=O) groups is 1. The SMILES string of the molecule is COc1cccc(F)c1C(C)NC(=O)NC1CCC(O)CC1. The number of aliphatic hydroxyl groups is 1. The number of hydrogen-bond donors (Lipinski definition) is 3. The lowest BCUT2D eigenvalue weighted by Crippen LogP contribution is -2.45. The van der Waals surface area contributed by atoms with Gasteiger partial charge >= 0.3 is 6.03 Å². The van der Waals surface area contributed by atoms with E-state index in [1.807, 2.05) is 0 Å². The van der Waals surface area contributed by atoms with E-state index in [4.69, 9.17) is 4.74 Å². The number of hydrogen-bond acceptors (Lipinski definition) is 3. The number of methoxy groups -OCH3 is 1. The van der Waals surface area contributed by atoms with Gasteiger partial charge < -0.3 is 20.5 Å². The monoisotopic (exact) mass is 310 g/mol. The minimum Gasteiger partial charge on any atom is -0.496 e. The molecule has 1 aromatic carbocycles. The average Bonchev–Trinajstić information content (AvgIpc) is 2.49. The van der Waals surface area contributed by atoms with Gasteiger partial charge in [0, 0.05) is 6.04 Å². The second kappa shape index (κ2) is 7.45. The highest BCUT2D eigenvalue weighted by molar-refractivity contribution is 5.75. The second-order valence-electron chi connectivity index (χ2n) is 5.70. The number of ether oxygens (including phenoxy) is 1. The molecule has 22 heavy (non-hydrogen) atoms. The summed E-state index contributed by atoms with van der Waals surface area (Å²) >= 11 is 0. The Hall–Kier alpha value is -1.82. The summed E-state index contributed by atoms with van der Waals surface area (Å²) in [6, 6.07) is 3.79. The van der Waals surface area contributed by atoms with Crippen molar-refractivity contribution in [2.75, 3.05) is 7.11 Å². The Morgan fingerprint density at radius 3 is 2.68 bits per heavy atom. The number of rotatable bonds is 4. The molecule has 1 atom stereocenters. The van der Waals surface area contributed by atoms with Crippen LogP contribution in [-0.2, 0) is 0 Å². The molecule has 1 aliphatic carbocycles. The van der Waals surface area contributed by atoms with E-state index < -0.39 is 11.9 Å². The van der Waals surface area contributed by atoms with E-state index >= 15 is 0 Å². The van der Waals surface area contributed by atoms with E-state index in [1.165, 1.54) is 13.2 Å². The number of urea groups is 1. The number of benzene rings is 1. The summed E-state index contributed by atoms with van der Waals surface area (Å²) in [7, 11) is 1.47. The highest BCUT2D eigenvalue weighted by Crippen LogP contribution is 2.27. The predicted octanol–water partition coefficient (Wildman–Crippen LogP) is 2.50. The van der Waals surface area contributed by atoms with Crippen LogP contribution in [0.3, 0.4) is 0 Å². The molecular weight excluding hydrogens is 287 g/mol. The minimum atomic E-state index is -0.509. The molecule has 122 valence electrons. The fourth-order valence-corrected chi connectivity index (χ4v) is 2.83. The van der Waals surface area contributed by atoms with Crippen LogP contribution in [0.2, 0.25) is 0 Å². The normalized spacial score (nSPS) is 22.7. The van der Waals surface area contributed by atoms with Gasteiger partial charge in [-0.3, -0.25) is 0 Å². The van der Waals surface area contributed by atoms with Crippen LogP contribution in [-0.4, -0.2) is 30.4 Å². The van der Waals surface area contributed by atoms with E-state index in [1.54, 1.807) is 19.1 Å². The Morgan fingerprint density at radius 2 is 2.05 bits per heavy atom. The van der Waals surface area contributed by atoms with Crippen molar-refractivity contribution in [2.24, 2.45) is 0 Å². The maximum Gasteiger partial charge on any atom is 0.315 e. The zero-order valence-corrected chi connectivity index (χ0v) is 12.9. The van der Waals surface area contributed by atoms with Crippen molar-refractivity contribution in [1.29, 1.82) is 0 Å². The van der Waals surface area contributed by atoms with Gasteiger partial charge in [0.1, 0.15) is 11.6 Å². The van der Waals surface area contributed by atoms with Crippen LogP contribution in [0.1, 0.15) is 44.2 Å². The third-order valence-corrected chi connectivity index (χ3v) is 4.05. The Morgan fingerprint density at radius 1 is 1.36 bits per heavy atom. The van der Waals surface area contributed by atoms with E-state index in [0.29, 0.717) is 24.2 Å². The molecule has 0 saturated heterocycles. The molecule has 0 spiro atoms. The fourth-order valence-electron chi connectivity index (χ4n) is 2.83. The van der Waals surface area contributed by atoms with E-state index in [2.05, 4.69) is 10.6 Å². The van der Waals surface area contributed by atoms with Crippen LogP contribution < -0.4 is 15.4 Å². The summed E-state index contributed by atoms with van der Waals surface area (Å²) in [4.78, 5) is 12.0. The zero-order chi connectivity index (χ0) is 16.1. The Balaban J connectivity index is 1.94. The molecule has 0 bridgehead atoms. The first-order chi connectivity index (χ1) is 10.5. The van der Waals surface area contributed by atoms with Gasteiger partial charge in [-0.25, -0.2) is 9.18 Å². The standard InChI is InChI=1S/C16H23FN2O3/c1-10(15-13(17)4-3-5-14(15)22-2)18-16(21)19-11-6-8-12(20)9-7-11/h3-5,10-12,20H,6-9H2,1-2H3,(H2,18,19,21). The summed E-state index contributed by atoms with van der Waals surface area (Å²) in [6.45, 7) is 1.71. The maximum absolute atomic E-state index is 14.0. The van der Waals surface area contributed by atoms with Crippen molar-refractivity contribution in [2.45, 2.75) is 50.8 Å². The zero-order valence-electron chi connectivity index (χ0n) is 12.9. The lowest BCUT2D eigenvalue weighted by Gasteiger charge is -2.27. The van der Waals surface area contributed by atoms with Gasteiger partial charge in [-0.2, -0.15) is 0 Å². The third kappa shape index (κ3) is 4.10. The van der Waals surface area contributed by atoms with E-state index in [9.17, 15) is 14.3 Å². The van der Waals surface area contributed by atoms with Gasteiger partial charge in [0.15, 0.2) is 0 Å². The van der Waals surface area contributed by atoms with Crippen molar-refractivity contribution < 1.29 is 19.0 Å². The third-order valence-electron chi connectivity index (χ3n) is 4.05. The molecule has 0 aliphatic heterocycles. The first-order valence-corrected chi connectivity index (χ1v) is 7.58. The molecule has 1 fully saturated rings. The van der Waals surface area contributed by atoms with E-state index in [-0.39, 0.29) is 18.2 Å². The van der Waals surface area contributed by atoms with Crippen molar-refractivity contribution in [3.8, 4) is 5.75 Å². The second-order valence-corrected chi connectivity index (χ2v) is 5.70. The van der Waals surface area contributed by atoms with Crippen LogP contribution in [0.25, 0.3) is 0 Å². The van der Waals surface area contributed by atoms with E-state index in [0.717, 1.165) is 12.8 Å². The molecular formula is C16H23FN2O3. The smallest absolute Gasteiger partial charge is 0.315 e. The molecule has 1 saturated carbocycles. The Labute approximate surface area is 129 Å². The molecule has 1 aromatic rings. The highest BCUT2D eigenvalue weighted by Gasteiger charge is 2.23. The van der Waals surface area contributed by atoms with Crippen LogP contribution in [0, 0.1) is 5.82 Å². The van der Waals surface area contributed by atoms with Crippen LogP contribution in [0.15, 0.2) is 18.2 Å². The van der Waals surface area contributed by atoms with Gasteiger partial charge in [0.05, 0.1) is 24.8 Å². The summed E-state index contributed by atoms with van der Waals surface area (Å²) < 4.78 is 19.1. The molecule has 2 rings (SSSR count). The molecule has 1 unspecified atom stereocenters. The molecule has 0 radical (unpaired) electrons. The number of amides is 2. The number of nitrogens with one attached hydrogen (secondary N) is 2. The molecule has 6 heteroatoms. The highest BCUT2D eigenvalue weighted by atomic mass is 19.1. The van der Waals surface area contributed by atoms with Crippen molar-refractivity contribution >= 4 is 6.03 Å². The molecule has 3 N–H and O–H groups in total. The topological polar surface area (TPSA) is 70.6 Å². The summed E-state index contributed by atoms with van der Waals surface area (Å²) in [5.74, 6) is 0.00141. The molecule has 0 aromatic heterocycles. The lowest BCUT2D eigenvalue weighted by atomic mass is 9.93. The minimum absolute atomic E-state index is 0.0538. The maximum atomic E-state index is 14.0. The first-order valence-electron chi connectivity index (χ1n) is 7.58. The lowest BCUT2D eigenvalue weighted by molar-refractivity contribution is 0.117. The van der Waals surface area contributed by atoms with Crippen molar-refractivity contribution in [3.63, 3.8) is 0 Å². The quantitative estimate of drug-likeness (QED) is 0.800. The Bertz CT molecular complexity index is 516. The van der Waals surface area contributed by atoms with Gasteiger partial charge in [0.25, 0.3) is 0 Å².